The van der Waals surface area contributed by atoms with Gasteiger partial charge in [0, 0.05) is 48.1 Å². The Balaban J connectivity index is 1.47. The molecule has 0 aliphatic carbocycles. The third-order valence-electron chi connectivity index (χ3n) is 6.54. The highest BCUT2D eigenvalue weighted by Crippen LogP contribution is 2.31. The molecule has 2 aliphatic rings. The van der Waals surface area contributed by atoms with E-state index < -0.39 is 0 Å². The molecule has 0 saturated heterocycles. The first-order valence-corrected chi connectivity index (χ1v) is 12.4. The lowest BCUT2D eigenvalue weighted by Gasteiger charge is -2.28. The van der Waals surface area contributed by atoms with Gasteiger partial charge in [0.2, 0.25) is 11.9 Å². The van der Waals surface area contributed by atoms with Crippen molar-refractivity contribution in [1.29, 1.82) is 0 Å². The fourth-order valence-electron chi connectivity index (χ4n) is 4.40. The van der Waals surface area contributed by atoms with Crippen molar-refractivity contribution in [3.63, 3.8) is 0 Å². The Bertz CT molecular complexity index is 1230. The van der Waals surface area contributed by atoms with Crippen LogP contribution in [0.5, 0.6) is 0 Å². The molecule has 0 bridgehead atoms. The van der Waals surface area contributed by atoms with Gasteiger partial charge in [-0.05, 0) is 21.5 Å². The van der Waals surface area contributed by atoms with E-state index in [1.165, 1.54) is 0 Å². The molecule has 5 rings (SSSR count). The van der Waals surface area contributed by atoms with Crippen LogP contribution in [0.4, 0.5) is 0 Å². The number of nitrogens with zero attached hydrogens (tertiary/aromatic N) is 4. The van der Waals surface area contributed by atoms with E-state index in [0.717, 1.165) is 58.9 Å². The highest BCUT2D eigenvalue weighted by molar-refractivity contribution is 6.21. The molecule has 3 aromatic rings. The van der Waals surface area contributed by atoms with Crippen molar-refractivity contribution in [2.75, 3.05) is 26.2 Å². The Hall–Kier alpha value is -3.94. The summed E-state index contributed by atoms with van der Waals surface area (Å²) in [5.41, 5.74) is 8.58. The molecule has 0 atom stereocenters. The zero-order chi connectivity index (χ0) is 25.2. The van der Waals surface area contributed by atoms with Crippen LogP contribution in [0.3, 0.4) is 0 Å². The summed E-state index contributed by atoms with van der Waals surface area (Å²) in [6.07, 6.45) is 3.77. The van der Waals surface area contributed by atoms with Gasteiger partial charge in [-0.3, -0.25) is 9.98 Å². The van der Waals surface area contributed by atoms with Crippen LogP contribution in [0.15, 0.2) is 68.7 Å². The normalized spacial score (nSPS) is 19.1. The van der Waals surface area contributed by atoms with Crippen molar-refractivity contribution in [3.8, 4) is 0 Å². The first-order valence-electron chi connectivity index (χ1n) is 12.4. The lowest BCUT2D eigenvalue weighted by Crippen LogP contribution is -2.45. The number of rotatable bonds is 4. The van der Waals surface area contributed by atoms with Crippen LogP contribution in [0.25, 0.3) is 21.5 Å². The summed E-state index contributed by atoms with van der Waals surface area (Å²) in [4.78, 5) is 9.15. The van der Waals surface area contributed by atoms with Gasteiger partial charge in [0.15, 0.2) is 0 Å². The molecule has 2 heterocycles. The van der Waals surface area contributed by atoms with Crippen LogP contribution in [0, 0.1) is 10.8 Å². The van der Waals surface area contributed by atoms with Gasteiger partial charge in [-0.2, -0.15) is 10.2 Å². The minimum absolute atomic E-state index is 0.157. The fraction of sp³-hybridized carbons (Fsp3) is 0.357. The SMILES string of the molecule is CC1(C)CN=C(N/N=C/c2c3ccccc3c(/C=N/NC3=NCC(C)(C)CN3)c3ccccc23)NC1. The second kappa shape index (κ2) is 9.60. The second-order valence-corrected chi connectivity index (χ2v) is 11.0. The molecular formula is C28H34N8. The number of fused-ring (bicyclic) bond motifs is 2. The molecule has 36 heavy (non-hydrogen) atoms. The van der Waals surface area contributed by atoms with Crippen LogP contribution in [0.2, 0.25) is 0 Å². The van der Waals surface area contributed by atoms with Gasteiger partial charge in [0.25, 0.3) is 0 Å². The Labute approximate surface area is 212 Å². The second-order valence-electron chi connectivity index (χ2n) is 11.0. The highest BCUT2D eigenvalue weighted by atomic mass is 15.4. The average Bonchev–Trinajstić information content (AvgIpc) is 2.87. The van der Waals surface area contributed by atoms with Crippen molar-refractivity contribution in [2.24, 2.45) is 31.0 Å². The summed E-state index contributed by atoms with van der Waals surface area (Å²) < 4.78 is 0. The van der Waals surface area contributed by atoms with E-state index in [9.17, 15) is 0 Å². The van der Waals surface area contributed by atoms with E-state index in [4.69, 9.17) is 0 Å². The molecule has 3 aromatic carbocycles. The van der Waals surface area contributed by atoms with E-state index in [1.807, 2.05) is 12.4 Å². The maximum Gasteiger partial charge on any atom is 0.212 e. The fourth-order valence-corrected chi connectivity index (χ4v) is 4.40. The van der Waals surface area contributed by atoms with Gasteiger partial charge in [0.1, 0.15) is 0 Å². The molecule has 8 nitrogen and oxygen atoms in total. The molecule has 0 spiro atoms. The van der Waals surface area contributed by atoms with E-state index in [-0.39, 0.29) is 10.8 Å². The third kappa shape index (κ3) is 5.17. The molecule has 0 aromatic heterocycles. The zero-order valence-corrected chi connectivity index (χ0v) is 21.4. The Morgan fingerprint density at radius 2 is 1.03 bits per heavy atom. The van der Waals surface area contributed by atoms with Crippen molar-refractivity contribution in [1.82, 2.24) is 21.5 Å². The molecule has 0 amide bonds. The van der Waals surface area contributed by atoms with Crippen molar-refractivity contribution >= 4 is 45.9 Å². The first-order chi connectivity index (χ1) is 17.3. The summed E-state index contributed by atoms with van der Waals surface area (Å²) >= 11 is 0. The van der Waals surface area contributed by atoms with Gasteiger partial charge < -0.3 is 10.6 Å². The molecule has 2 aliphatic heterocycles. The van der Waals surface area contributed by atoms with Gasteiger partial charge in [-0.1, -0.05) is 76.2 Å². The highest BCUT2D eigenvalue weighted by Gasteiger charge is 2.23. The molecule has 186 valence electrons. The van der Waals surface area contributed by atoms with E-state index >= 15 is 0 Å². The van der Waals surface area contributed by atoms with Crippen LogP contribution in [-0.2, 0) is 0 Å². The molecule has 0 unspecified atom stereocenters. The Morgan fingerprint density at radius 1 is 0.667 bits per heavy atom. The molecular weight excluding hydrogens is 448 g/mol. The van der Waals surface area contributed by atoms with Crippen LogP contribution >= 0.6 is 0 Å². The standard InChI is InChI=1S/C28H34N8/c1-27(2)15-29-25(30-16-27)35-33-13-23-19-9-5-7-11-21(19)24(22-12-8-6-10-20(22)23)14-34-36-26-31-17-28(3,4)18-32-26/h5-14H,15-18H2,1-4H3,(H2,29,30,35)(H2,31,32,36)/b33-13+,34-14+. The monoisotopic (exact) mass is 482 g/mol. The molecule has 0 saturated carbocycles. The minimum Gasteiger partial charge on any atom is -0.354 e. The lowest BCUT2D eigenvalue weighted by atomic mass is 9.92. The Morgan fingerprint density at radius 3 is 1.33 bits per heavy atom. The Kier molecular flexibility index (Phi) is 6.35. The van der Waals surface area contributed by atoms with Crippen LogP contribution in [-0.4, -0.2) is 50.5 Å². The van der Waals surface area contributed by atoms with Crippen LogP contribution in [0.1, 0.15) is 38.8 Å². The maximum atomic E-state index is 4.57. The van der Waals surface area contributed by atoms with Crippen LogP contribution < -0.4 is 21.5 Å². The largest absolute Gasteiger partial charge is 0.354 e. The number of hydrogen-bond acceptors (Lipinski definition) is 8. The van der Waals surface area contributed by atoms with Gasteiger partial charge in [0.05, 0.1) is 12.4 Å². The molecule has 0 radical (unpaired) electrons. The first kappa shape index (κ1) is 23.8. The van der Waals surface area contributed by atoms with E-state index in [2.05, 4.69) is 118 Å². The topological polar surface area (TPSA) is 97.6 Å². The maximum absolute atomic E-state index is 4.57. The molecule has 0 fully saturated rings. The number of hydrogen-bond donors (Lipinski definition) is 4. The summed E-state index contributed by atoms with van der Waals surface area (Å²) in [7, 11) is 0. The van der Waals surface area contributed by atoms with Crippen molar-refractivity contribution in [2.45, 2.75) is 27.7 Å². The number of aliphatic imine (C=N–C) groups is 2. The van der Waals surface area contributed by atoms with Gasteiger partial charge in [-0.15, -0.1) is 0 Å². The van der Waals surface area contributed by atoms with E-state index in [0.29, 0.717) is 11.9 Å². The zero-order valence-electron chi connectivity index (χ0n) is 21.4. The van der Waals surface area contributed by atoms with Crippen molar-refractivity contribution < 1.29 is 0 Å². The molecule has 4 N–H and O–H groups in total. The minimum atomic E-state index is 0.157. The number of nitrogens with one attached hydrogen (secondary N) is 4. The van der Waals surface area contributed by atoms with Crippen molar-refractivity contribution in [3.05, 3.63) is 59.7 Å². The predicted molar refractivity (Wildman–Crippen MR) is 151 cm³/mol. The lowest BCUT2D eigenvalue weighted by molar-refractivity contribution is 0.358. The smallest absolute Gasteiger partial charge is 0.212 e. The van der Waals surface area contributed by atoms with Gasteiger partial charge >= 0.3 is 0 Å². The predicted octanol–water partition coefficient (Wildman–Crippen LogP) is 3.81. The summed E-state index contributed by atoms with van der Waals surface area (Å²) in [6.45, 7) is 12.1. The summed E-state index contributed by atoms with van der Waals surface area (Å²) in [5, 5.41) is 20.2. The number of benzene rings is 3. The number of hydrazone groups is 2. The van der Waals surface area contributed by atoms with Gasteiger partial charge in [-0.25, -0.2) is 10.9 Å². The van der Waals surface area contributed by atoms with E-state index in [1.54, 1.807) is 0 Å². The molecule has 8 heteroatoms. The number of guanidine groups is 2. The average molecular weight is 483 g/mol. The summed E-state index contributed by atoms with van der Waals surface area (Å²) in [6, 6.07) is 16.7. The summed E-state index contributed by atoms with van der Waals surface area (Å²) in [5.74, 6) is 1.41. The quantitative estimate of drug-likeness (QED) is 0.258. The third-order valence-corrected chi connectivity index (χ3v) is 6.54.